The number of hydrogen-bond donors (Lipinski definition) is 1. The first kappa shape index (κ1) is 11.9. The van der Waals surface area contributed by atoms with Gasteiger partial charge in [-0.25, -0.2) is 4.98 Å². The lowest BCUT2D eigenvalue weighted by Crippen LogP contribution is -2.41. The molecule has 0 radical (unpaired) electrons. The molecule has 1 fully saturated rings. The lowest BCUT2D eigenvalue weighted by Gasteiger charge is -2.29. The van der Waals surface area contributed by atoms with Crippen LogP contribution in [0, 0.1) is 18.3 Å². The highest BCUT2D eigenvalue weighted by Crippen LogP contribution is 2.29. The predicted molar refractivity (Wildman–Crippen MR) is 65.7 cm³/mol. The Morgan fingerprint density at radius 1 is 1.59 bits per heavy atom. The predicted octanol–water partition coefficient (Wildman–Crippen LogP) is 2.24. The van der Waals surface area contributed by atoms with Crippen LogP contribution in [0.25, 0.3) is 0 Å². The number of ether oxygens (including phenoxy) is 1. The van der Waals surface area contributed by atoms with E-state index in [9.17, 15) is 0 Å². The Morgan fingerprint density at radius 3 is 2.94 bits per heavy atom. The van der Waals surface area contributed by atoms with Crippen LogP contribution in [0.15, 0.2) is 12.1 Å². The average molecular weight is 231 g/mol. The molecule has 2 heterocycles. The van der Waals surface area contributed by atoms with Gasteiger partial charge >= 0.3 is 0 Å². The van der Waals surface area contributed by atoms with Crippen molar-refractivity contribution in [1.82, 2.24) is 4.98 Å². The van der Waals surface area contributed by atoms with Crippen LogP contribution in [0.1, 0.15) is 31.5 Å². The fraction of sp³-hybridized carbons (Fsp3) is 0.538. The van der Waals surface area contributed by atoms with Gasteiger partial charge in [0.1, 0.15) is 5.82 Å². The van der Waals surface area contributed by atoms with E-state index in [0.29, 0.717) is 5.56 Å². The maximum absolute atomic E-state index is 8.93. The molecule has 1 saturated heterocycles. The van der Waals surface area contributed by atoms with Crippen molar-refractivity contribution in [2.45, 2.75) is 38.8 Å². The first-order valence-corrected chi connectivity index (χ1v) is 5.82. The minimum atomic E-state index is -0.104. The third kappa shape index (κ3) is 2.40. The Bertz CT molecular complexity index is 466. The fourth-order valence-electron chi connectivity index (χ4n) is 2.09. The van der Waals surface area contributed by atoms with E-state index in [0.717, 1.165) is 24.5 Å². The summed E-state index contributed by atoms with van der Waals surface area (Å²) in [5.74, 6) is 0.751. The van der Waals surface area contributed by atoms with Crippen molar-refractivity contribution in [1.29, 1.82) is 5.26 Å². The molecular weight excluding hydrogens is 214 g/mol. The number of aryl methyl sites for hydroxylation is 1. The topological polar surface area (TPSA) is 57.9 Å². The molecule has 2 unspecified atom stereocenters. The Morgan fingerprint density at radius 2 is 2.35 bits per heavy atom. The summed E-state index contributed by atoms with van der Waals surface area (Å²) in [5.41, 5.74) is 1.38. The van der Waals surface area contributed by atoms with Crippen LogP contribution in [-0.4, -0.2) is 23.2 Å². The van der Waals surface area contributed by atoms with E-state index in [1.165, 1.54) is 0 Å². The van der Waals surface area contributed by atoms with Crippen LogP contribution in [0.5, 0.6) is 0 Å². The second kappa shape index (κ2) is 4.34. The smallest absolute Gasteiger partial charge is 0.128 e. The lowest BCUT2D eigenvalue weighted by molar-refractivity contribution is 0.105. The van der Waals surface area contributed by atoms with E-state index < -0.39 is 0 Å². The van der Waals surface area contributed by atoms with Gasteiger partial charge in [0.2, 0.25) is 0 Å². The van der Waals surface area contributed by atoms with Gasteiger partial charge in [-0.3, -0.25) is 0 Å². The van der Waals surface area contributed by atoms with Crippen LogP contribution in [0.3, 0.4) is 0 Å². The zero-order chi connectivity index (χ0) is 12.5. The zero-order valence-corrected chi connectivity index (χ0v) is 10.4. The van der Waals surface area contributed by atoms with Crippen LogP contribution in [-0.2, 0) is 4.74 Å². The first-order valence-electron chi connectivity index (χ1n) is 5.82. The van der Waals surface area contributed by atoms with Crippen LogP contribution >= 0.6 is 0 Å². The minimum Gasteiger partial charge on any atom is -0.376 e. The number of aromatic nitrogens is 1. The third-order valence-corrected chi connectivity index (χ3v) is 3.38. The van der Waals surface area contributed by atoms with Gasteiger partial charge in [0, 0.05) is 12.3 Å². The number of rotatable bonds is 2. The van der Waals surface area contributed by atoms with E-state index in [1.807, 2.05) is 6.92 Å². The second-order valence-electron chi connectivity index (χ2n) is 4.80. The molecule has 2 rings (SSSR count). The van der Waals surface area contributed by atoms with Crippen molar-refractivity contribution < 1.29 is 4.74 Å². The van der Waals surface area contributed by atoms with Gasteiger partial charge in [0.15, 0.2) is 0 Å². The highest BCUT2D eigenvalue weighted by molar-refractivity contribution is 5.46. The molecule has 0 aliphatic carbocycles. The van der Waals surface area contributed by atoms with E-state index in [-0.39, 0.29) is 11.6 Å². The molecule has 2 atom stereocenters. The van der Waals surface area contributed by atoms with Crippen molar-refractivity contribution in [2.24, 2.45) is 0 Å². The number of nitriles is 1. The molecule has 1 aromatic rings. The molecule has 1 aliphatic heterocycles. The Hall–Kier alpha value is -1.60. The second-order valence-corrected chi connectivity index (χ2v) is 4.80. The SMILES string of the molecule is Cc1cc(C#N)cc(NC2(C)CCOC2C)n1. The van der Waals surface area contributed by atoms with Crippen molar-refractivity contribution in [3.63, 3.8) is 0 Å². The highest BCUT2D eigenvalue weighted by atomic mass is 16.5. The van der Waals surface area contributed by atoms with E-state index in [1.54, 1.807) is 12.1 Å². The number of pyridine rings is 1. The van der Waals surface area contributed by atoms with Gasteiger partial charge in [-0.2, -0.15) is 5.26 Å². The van der Waals surface area contributed by atoms with Crippen LogP contribution in [0.4, 0.5) is 5.82 Å². The van der Waals surface area contributed by atoms with E-state index in [4.69, 9.17) is 10.00 Å². The summed E-state index contributed by atoms with van der Waals surface area (Å²) < 4.78 is 5.57. The molecule has 4 nitrogen and oxygen atoms in total. The Balaban J connectivity index is 2.24. The normalized spacial score (nSPS) is 27.8. The van der Waals surface area contributed by atoms with Crippen molar-refractivity contribution in [3.8, 4) is 6.07 Å². The van der Waals surface area contributed by atoms with Crippen molar-refractivity contribution in [3.05, 3.63) is 23.4 Å². The summed E-state index contributed by atoms with van der Waals surface area (Å²) in [6.45, 7) is 6.84. The summed E-state index contributed by atoms with van der Waals surface area (Å²) in [5, 5.41) is 12.3. The molecule has 0 saturated carbocycles. The summed E-state index contributed by atoms with van der Waals surface area (Å²) in [6.07, 6.45) is 1.10. The standard InChI is InChI=1S/C13H17N3O/c1-9-6-11(8-14)7-12(15-9)16-13(3)4-5-17-10(13)2/h6-7,10H,4-5H2,1-3H3,(H,15,16). The van der Waals surface area contributed by atoms with Crippen molar-refractivity contribution in [2.75, 3.05) is 11.9 Å². The maximum atomic E-state index is 8.93. The fourth-order valence-corrected chi connectivity index (χ4v) is 2.09. The molecule has 0 spiro atoms. The third-order valence-electron chi connectivity index (χ3n) is 3.38. The van der Waals surface area contributed by atoms with Gasteiger partial charge in [-0.1, -0.05) is 0 Å². The van der Waals surface area contributed by atoms with E-state index >= 15 is 0 Å². The number of nitrogens with zero attached hydrogens (tertiary/aromatic N) is 2. The minimum absolute atomic E-state index is 0.104. The van der Waals surface area contributed by atoms with Crippen LogP contribution < -0.4 is 5.32 Å². The summed E-state index contributed by atoms with van der Waals surface area (Å²) >= 11 is 0. The van der Waals surface area contributed by atoms with Gasteiger partial charge in [0.25, 0.3) is 0 Å². The maximum Gasteiger partial charge on any atom is 0.128 e. The number of nitrogens with one attached hydrogen (secondary N) is 1. The van der Waals surface area contributed by atoms with E-state index in [2.05, 4.69) is 30.2 Å². The summed E-state index contributed by atoms with van der Waals surface area (Å²) in [6, 6.07) is 5.71. The molecule has 1 N–H and O–H groups in total. The van der Waals surface area contributed by atoms with Gasteiger partial charge in [-0.15, -0.1) is 0 Å². The number of anilines is 1. The molecule has 4 heteroatoms. The molecule has 1 aromatic heterocycles. The first-order chi connectivity index (χ1) is 8.03. The summed E-state index contributed by atoms with van der Waals surface area (Å²) in [4.78, 5) is 4.41. The monoisotopic (exact) mass is 231 g/mol. The molecule has 90 valence electrons. The molecule has 17 heavy (non-hydrogen) atoms. The quantitative estimate of drug-likeness (QED) is 0.848. The molecule has 0 aromatic carbocycles. The summed E-state index contributed by atoms with van der Waals surface area (Å²) in [7, 11) is 0. The Labute approximate surface area is 102 Å². The van der Waals surface area contributed by atoms with Crippen molar-refractivity contribution >= 4 is 5.82 Å². The molecular formula is C13H17N3O. The molecule has 1 aliphatic rings. The van der Waals surface area contributed by atoms with Gasteiger partial charge < -0.3 is 10.1 Å². The molecule has 0 amide bonds. The Kier molecular flexibility index (Phi) is 3.03. The highest BCUT2D eigenvalue weighted by Gasteiger charge is 2.37. The average Bonchev–Trinajstić information content (AvgIpc) is 2.58. The number of hydrogen-bond acceptors (Lipinski definition) is 4. The zero-order valence-electron chi connectivity index (χ0n) is 10.4. The largest absolute Gasteiger partial charge is 0.376 e. The van der Waals surface area contributed by atoms with Gasteiger partial charge in [0.05, 0.1) is 23.3 Å². The lowest BCUT2D eigenvalue weighted by atomic mass is 9.94. The van der Waals surface area contributed by atoms with Gasteiger partial charge in [-0.05, 0) is 39.3 Å². The molecule has 0 bridgehead atoms. The van der Waals surface area contributed by atoms with Crippen LogP contribution in [0.2, 0.25) is 0 Å².